The molecular formula is C27H27N3O5. The molecule has 0 aromatic heterocycles. The quantitative estimate of drug-likeness (QED) is 0.264. The van der Waals surface area contributed by atoms with Crippen LogP contribution < -0.4 is 16.2 Å². The summed E-state index contributed by atoms with van der Waals surface area (Å²) in [5.74, 6) is -2.03. The highest BCUT2D eigenvalue weighted by Gasteiger charge is 2.16. The number of ether oxygens (including phenoxy) is 1. The van der Waals surface area contributed by atoms with E-state index in [1.54, 1.807) is 24.3 Å². The maximum Gasteiger partial charge on any atom is 0.330 e. The van der Waals surface area contributed by atoms with Gasteiger partial charge >= 0.3 is 5.97 Å². The molecule has 3 rings (SSSR count). The number of methoxy groups -OCH3 is 1. The molecule has 0 aliphatic heterocycles. The van der Waals surface area contributed by atoms with Gasteiger partial charge in [-0.3, -0.25) is 25.2 Å². The van der Waals surface area contributed by atoms with Crippen LogP contribution in [0, 0.1) is 0 Å². The largest absolute Gasteiger partial charge is 0.466 e. The van der Waals surface area contributed by atoms with Crippen molar-refractivity contribution in [1.29, 1.82) is 0 Å². The lowest BCUT2D eigenvalue weighted by molar-refractivity contribution is -0.135. The number of aryl methyl sites for hydroxylation is 1. The first kappa shape index (κ1) is 25.2. The molecular weight excluding hydrogens is 446 g/mol. The highest BCUT2D eigenvalue weighted by Crippen LogP contribution is 2.24. The third-order valence-corrected chi connectivity index (χ3v) is 5.42. The Morgan fingerprint density at radius 2 is 1.60 bits per heavy atom. The summed E-state index contributed by atoms with van der Waals surface area (Å²) >= 11 is 0. The van der Waals surface area contributed by atoms with Gasteiger partial charge in [0.1, 0.15) is 0 Å². The minimum absolute atomic E-state index is 0.0458. The van der Waals surface area contributed by atoms with Crippen LogP contribution in [0.15, 0.2) is 78.9 Å². The lowest BCUT2D eigenvalue weighted by Gasteiger charge is -2.18. The third kappa shape index (κ3) is 7.01. The lowest BCUT2D eigenvalue weighted by Crippen LogP contribution is -2.41. The van der Waals surface area contributed by atoms with Gasteiger partial charge in [-0.2, -0.15) is 0 Å². The Morgan fingerprint density at radius 3 is 2.40 bits per heavy atom. The van der Waals surface area contributed by atoms with E-state index in [4.69, 9.17) is 0 Å². The molecule has 0 saturated carbocycles. The smallest absolute Gasteiger partial charge is 0.330 e. The summed E-state index contributed by atoms with van der Waals surface area (Å²) < 4.78 is 4.39. The zero-order valence-electron chi connectivity index (χ0n) is 19.5. The molecule has 180 valence electrons. The van der Waals surface area contributed by atoms with E-state index >= 15 is 0 Å². The number of carbonyl (C=O) groups is 4. The van der Waals surface area contributed by atoms with Gasteiger partial charge < -0.3 is 10.1 Å². The lowest BCUT2D eigenvalue weighted by atomic mass is 9.98. The highest BCUT2D eigenvalue weighted by molar-refractivity contribution is 5.97. The summed E-state index contributed by atoms with van der Waals surface area (Å²) in [6, 6.07) is 20.9. The molecule has 35 heavy (non-hydrogen) atoms. The summed E-state index contributed by atoms with van der Waals surface area (Å²) in [4.78, 5) is 47.8. The predicted octanol–water partition coefficient (Wildman–Crippen LogP) is 3.14. The van der Waals surface area contributed by atoms with E-state index in [1.165, 1.54) is 7.11 Å². The molecule has 1 atom stereocenters. The second-order valence-electron chi connectivity index (χ2n) is 7.81. The van der Waals surface area contributed by atoms with E-state index in [0.717, 1.165) is 28.5 Å². The van der Waals surface area contributed by atoms with Crippen molar-refractivity contribution in [2.45, 2.75) is 25.8 Å². The molecule has 0 heterocycles. The van der Waals surface area contributed by atoms with E-state index in [0.29, 0.717) is 17.5 Å². The van der Waals surface area contributed by atoms with Crippen LogP contribution in [0.5, 0.6) is 0 Å². The Morgan fingerprint density at radius 1 is 0.886 bits per heavy atom. The van der Waals surface area contributed by atoms with Gasteiger partial charge in [0, 0.05) is 24.1 Å². The van der Waals surface area contributed by atoms with Crippen LogP contribution in [0.2, 0.25) is 0 Å². The minimum atomic E-state index is -0.684. The topological polar surface area (TPSA) is 114 Å². The summed E-state index contributed by atoms with van der Waals surface area (Å²) in [5.41, 5.74) is 6.67. The summed E-state index contributed by atoms with van der Waals surface area (Å²) in [5, 5.41) is 5.24. The molecule has 8 nitrogen and oxygen atoms in total. The molecule has 8 heteroatoms. The van der Waals surface area contributed by atoms with Crippen molar-refractivity contribution >= 4 is 34.5 Å². The van der Waals surface area contributed by atoms with Crippen molar-refractivity contribution in [3.63, 3.8) is 0 Å². The van der Waals surface area contributed by atoms with Gasteiger partial charge in [-0.1, -0.05) is 60.7 Å². The number of rotatable bonds is 8. The van der Waals surface area contributed by atoms with E-state index < -0.39 is 17.8 Å². The number of fused-ring (bicyclic) bond motifs is 1. The van der Waals surface area contributed by atoms with Crippen LogP contribution in [0.4, 0.5) is 0 Å². The Bertz CT molecular complexity index is 1260. The SMILES string of the molecule is COC(=O)/C=C/C(=O)NNC(=O)CCc1ccccc1C(=O)NC(C)c1cccc2ccccc12. The van der Waals surface area contributed by atoms with Crippen molar-refractivity contribution in [2.24, 2.45) is 0 Å². The Labute approximate surface area is 203 Å². The number of amides is 3. The van der Waals surface area contributed by atoms with E-state index in [2.05, 4.69) is 20.9 Å². The molecule has 0 radical (unpaired) electrons. The predicted molar refractivity (Wildman–Crippen MR) is 132 cm³/mol. The van der Waals surface area contributed by atoms with Crippen LogP contribution in [0.3, 0.4) is 0 Å². The molecule has 3 aromatic rings. The van der Waals surface area contributed by atoms with Gasteiger partial charge in [-0.15, -0.1) is 0 Å². The summed E-state index contributed by atoms with van der Waals surface area (Å²) in [7, 11) is 1.19. The zero-order chi connectivity index (χ0) is 25.2. The van der Waals surface area contributed by atoms with Crippen LogP contribution in [-0.4, -0.2) is 30.8 Å². The van der Waals surface area contributed by atoms with Gasteiger partial charge in [0.05, 0.1) is 13.2 Å². The van der Waals surface area contributed by atoms with E-state index in [-0.39, 0.29) is 18.4 Å². The fourth-order valence-electron chi connectivity index (χ4n) is 3.64. The maximum absolute atomic E-state index is 13.1. The van der Waals surface area contributed by atoms with E-state index in [1.807, 2.05) is 49.4 Å². The maximum atomic E-state index is 13.1. The standard InChI is InChI=1S/C27H27N3O5/c1-18(21-13-7-10-19-8-3-5-11-22(19)21)28-27(34)23-12-6-4-9-20(23)14-15-24(31)29-30-25(32)16-17-26(33)35-2/h3-13,16-18H,14-15H2,1-2H3,(H,28,34)(H,29,31)(H,30,32)/b17-16+. The van der Waals surface area contributed by atoms with E-state index in [9.17, 15) is 19.2 Å². The fraction of sp³-hybridized carbons (Fsp3) is 0.185. The van der Waals surface area contributed by atoms with Gasteiger partial charge in [0.25, 0.3) is 11.8 Å². The van der Waals surface area contributed by atoms with Gasteiger partial charge in [-0.05, 0) is 41.3 Å². The van der Waals surface area contributed by atoms with Crippen molar-refractivity contribution in [3.8, 4) is 0 Å². The normalized spacial score (nSPS) is 11.6. The Kier molecular flexibility index (Phi) is 8.72. The summed E-state index contributed by atoms with van der Waals surface area (Å²) in [6.45, 7) is 1.94. The first-order valence-electron chi connectivity index (χ1n) is 11.1. The molecule has 0 fully saturated rings. The minimum Gasteiger partial charge on any atom is -0.466 e. The monoisotopic (exact) mass is 473 g/mol. The molecule has 3 aromatic carbocycles. The molecule has 3 N–H and O–H groups in total. The molecule has 0 aliphatic rings. The first-order valence-corrected chi connectivity index (χ1v) is 11.1. The first-order chi connectivity index (χ1) is 16.9. The van der Waals surface area contributed by atoms with Crippen LogP contribution in [-0.2, 0) is 25.5 Å². The molecule has 0 aliphatic carbocycles. The number of hydrogen-bond donors (Lipinski definition) is 3. The van der Waals surface area contributed by atoms with Crippen LogP contribution in [0.25, 0.3) is 10.8 Å². The second kappa shape index (κ2) is 12.1. The van der Waals surface area contributed by atoms with Crippen molar-refractivity contribution in [2.75, 3.05) is 7.11 Å². The van der Waals surface area contributed by atoms with Crippen molar-refractivity contribution < 1.29 is 23.9 Å². The number of benzene rings is 3. The molecule has 0 saturated heterocycles. The Balaban J connectivity index is 1.60. The van der Waals surface area contributed by atoms with Gasteiger partial charge in [-0.25, -0.2) is 4.79 Å². The average molecular weight is 474 g/mol. The third-order valence-electron chi connectivity index (χ3n) is 5.42. The number of esters is 1. The van der Waals surface area contributed by atoms with Crippen molar-refractivity contribution in [3.05, 3.63) is 95.6 Å². The van der Waals surface area contributed by atoms with Gasteiger partial charge in [0.2, 0.25) is 5.91 Å². The number of nitrogens with one attached hydrogen (secondary N) is 3. The molecule has 0 spiro atoms. The molecule has 3 amide bonds. The van der Waals surface area contributed by atoms with Crippen LogP contribution in [0.1, 0.15) is 40.9 Å². The molecule has 0 bridgehead atoms. The second-order valence-corrected chi connectivity index (χ2v) is 7.81. The summed E-state index contributed by atoms with van der Waals surface area (Å²) in [6.07, 6.45) is 2.23. The Hall–Kier alpha value is -4.46. The molecule has 1 unspecified atom stereocenters. The van der Waals surface area contributed by atoms with Crippen molar-refractivity contribution in [1.82, 2.24) is 16.2 Å². The van der Waals surface area contributed by atoms with Gasteiger partial charge in [0.15, 0.2) is 0 Å². The number of hydrogen-bond acceptors (Lipinski definition) is 5. The number of carbonyl (C=O) groups excluding carboxylic acids is 4. The number of hydrazine groups is 1. The highest BCUT2D eigenvalue weighted by atomic mass is 16.5. The fourth-order valence-corrected chi connectivity index (χ4v) is 3.64. The average Bonchev–Trinajstić information content (AvgIpc) is 2.88. The van der Waals surface area contributed by atoms with Crippen LogP contribution >= 0.6 is 0 Å². The zero-order valence-corrected chi connectivity index (χ0v) is 19.5.